The van der Waals surface area contributed by atoms with Gasteiger partial charge in [0.05, 0.1) is 5.56 Å². The van der Waals surface area contributed by atoms with E-state index in [9.17, 15) is 4.79 Å². The molecule has 1 amide bonds. The summed E-state index contributed by atoms with van der Waals surface area (Å²) in [6.07, 6.45) is 1.77. The lowest BCUT2D eigenvalue weighted by atomic mass is 10.2. The first kappa shape index (κ1) is 13.2. The van der Waals surface area contributed by atoms with Crippen molar-refractivity contribution < 1.29 is 4.79 Å². The van der Waals surface area contributed by atoms with Crippen molar-refractivity contribution in [2.75, 3.05) is 11.9 Å². The molecule has 1 heterocycles. The van der Waals surface area contributed by atoms with Crippen LogP contribution in [0.3, 0.4) is 0 Å². The molecule has 4 nitrogen and oxygen atoms in total. The Balaban J connectivity index is 1.83. The maximum atomic E-state index is 12.0. The summed E-state index contributed by atoms with van der Waals surface area (Å²) in [5.41, 5.74) is 2.65. The van der Waals surface area contributed by atoms with Crippen molar-refractivity contribution in [3.8, 4) is 0 Å². The molecule has 2 rings (SSSR count). The topological polar surface area (TPSA) is 56.9 Å². The van der Waals surface area contributed by atoms with Crippen LogP contribution in [0, 0.1) is 6.92 Å². The Morgan fingerprint density at radius 1 is 1.26 bits per heavy atom. The number of hydrogen-bond acceptors (Lipinski definition) is 2. The fourth-order valence-corrected chi connectivity index (χ4v) is 1.88. The molecule has 0 fully saturated rings. The summed E-state index contributed by atoms with van der Waals surface area (Å²) in [7, 11) is 0. The lowest BCUT2D eigenvalue weighted by Crippen LogP contribution is -2.37. The predicted molar refractivity (Wildman–Crippen MR) is 77.4 cm³/mol. The number of aromatic amines is 1. The van der Waals surface area contributed by atoms with Crippen LogP contribution in [0.5, 0.6) is 0 Å². The summed E-state index contributed by atoms with van der Waals surface area (Å²) < 4.78 is 0. The quantitative estimate of drug-likeness (QED) is 0.771. The van der Waals surface area contributed by atoms with E-state index < -0.39 is 0 Å². The van der Waals surface area contributed by atoms with E-state index in [1.807, 2.05) is 44.2 Å². The van der Waals surface area contributed by atoms with Gasteiger partial charge in [-0.1, -0.05) is 18.2 Å². The van der Waals surface area contributed by atoms with E-state index in [1.165, 1.54) is 0 Å². The van der Waals surface area contributed by atoms with Gasteiger partial charge in [0, 0.05) is 30.2 Å². The number of amides is 1. The highest BCUT2D eigenvalue weighted by atomic mass is 16.1. The second-order valence-electron chi connectivity index (χ2n) is 4.64. The second kappa shape index (κ2) is 6.09. The van der Waals surface area contributed by atoms with Crippen LogP contribution in [-0.4, -0.2) is 23.5 Å². The minimum Gasteiger partial charge on any atom is -0.383 e. The molecule has 2 aromatic rings. The average Bonchev–Trinajstić information content (AvgIpc) is 2.84. The highest BCUT2D eigenvalue weighted by Gasteiger charge is 2.12. The standard InChI is InChI=1S/C15H19N3O/c1-11(10-17-13-6-4-3-5-7-13)18-15(19)14-8-9-16-12(14)2/h3-9,11,16-17H,10H2,1-2H3,(H,18,19). The molecule has 19 heavy (non-hydrogen) atoms. The zero-order valence-electron chi connectivity index (χ0n) is 11.2. The Hall–Kier alpha value is -2.23. The highest BCUT2D eigenvalue weighted by Crippen LogP contribution is 2.06. The van der Waals surface area contributed by atoms with Gasteiger partial charge in [-0.3, -0.25) is 4.79 Å². The third-order valence-electron chi connectivity index (χ3n) is 2.96. The number of rotatable bonds is 5. The van der Waals surface area contributed by atoms with Gasteiger partial charge in [0.1, 0.15) is 0 Å². The highest BCUT2D eigenvalue weighted by molar-refractivity contribution is 5.95. The van der Waals surface area contributed by atoms with Crippen LogP contribution in [0.1, 0.15) is 23.0 Å². The van der Waals surface area contributed by atoms with Crippen LogP contribution in [-0.2, 0) is 0 Å². The lowest BCUT2D eigenvalue weighted by molar-refractivity contribution is 0.0941. The first-order valence-electron chi connectivity index (χ1n) is 6.40. The summed E-state index contributed by atoms with van der Waals surface area (Å²) in [5, 5.41) is 6.26. The van der Waals surface area contributed by atoms with E-state index in [1.54, 1.807) is 12.3 Å². The number of H-pyrrole nitrogens is 1. The zero-order chi connectivity index (χ0) is 13.7. The summed E-state index contributed by atoms with van der Waals surface area (Å²) in [4.78, 5) is 15.0. The molecule has 0 aliphatic carbocycles. The van der Waals surface area contributed by atoms with Crippen LogP contribution < -0.4 is 10.6 Å². The number of carbonyl (C=O) groups excluding carboxylic acids is 1. The number of aryl methyl sites for hydroxylation is 1. The third-order valence-corrected chi connectivity index (χ3v) is 2.96. The molecule has 0 bridgehead atoms. The van der Waals surface area contributed by atoms with Crippen LogP contribution in [0.2, 0.25) is 0 Å². The lowest BCUT2D eigenvalue weighted by Gasteiger charge is -2.15. The summed E-state index contributed by atoms with van der Waals surface area (Å²) >= 11 is 0. The van der Waals surface area contributed by atoms with Crippen molar-refractivity contribution in [2.24, 2.45) is 0 Å². The second-order valence-corrected chi connectivity index (χ2v) is 4.64. The number of benzene rings is 1. The summed E-state index contributed by atoms with van der Waals surface area (Å²) in [6.45, 7) is 4.57. The smallest absolute Gasteiger partial charge is 0.253 e. The molecule has 0 radical (unpaired) electrons. The van der Waals surface area contributed by atoms with Crippen molar-refractivity contribution in [3.05, 3.63) is 53.9 Å². The molecule has 0 spiro atoms. The van der Waals surface area contributed by atoms with Crippen molar-refractivity contribution in [1.29, 1.82) is 0 Å². The number of hydrogen-bond donors (Lipinski definition) is 3. The van der Waals surface area contributed by atoms with Gasteiger partial charge in [0.25, 0.3) is 5.91 Å². The van der Waals surface area contributed by atoms with Crippen LogP contribution in [0.15, 0.2) is 42.6 Å². The van der Waals surface area contributed by atoms with Gasteiger partial charge in [-0.15, -0.1) is 0 Å². The minimum atomic E-state index is -0.0406. The van der Waals surface area contributed by atoms with Gasteiger partial charge in [-0.05, 0) is 32.0 Å². The SMILES string of the molecule is Cc1[nH]ccc1C(=O)NC(C)CNc1ccccc1. The largest absolute Gasteiger partial charge is 0.383 e. The van der Waals surface area contributed by atoms with E-state index in [2.05, 4.69) is 15.6 Å². The molecule has 3 N–H and O–H groups in total. The van der Waals surface area contributed by atoms with Gasteiger partial charge >= 0.3 is 0 Å². The number of para-hydroxylation sites is 1. The molecule has 0 aliphatic heterocycles. The predicted octanol–water partition coefficient (Wildman–Crippen LogP) is 2.55. The molecule has 1 unspecified atom stereocenters. The van der Waals surface area contributed by atoms with E-state index in [0.29, 0.717) is 12.1 Å². The number of nitrogens with one attached hydrogen (secondary N) is 3. The third kappa shape index (κ3) is 3.61. The Labute approximate surface area is 113 Å². The Bertz CT molecular complexity index is 533. The van der Waals surface area contributed by atoms with Gasteiger partial charge in [-0.25, -0.2) is 0 Å². The monoisotopic (exact) mass is 257 g/mol. The summed E-state index contributed by atoms with van der Waals surface area (Å²) in [5.74, 6) is -0.0406. The molecule has 0 saturated carbocycles. The molecular weight excluding hydrogens is 238 g/mol. The maximum absolute atomic E-state index is 12.0. The number of carbonyl (C=O) groups is 1. The first-order valence-corrected chi connectivity index (χ1v) is 6.40. The van der Waals surface area contributed by atoms with Gasteiger partial charge in [0.15, 0.2) is 0 Å². The minimum absolute atomic E-state index is 0.0406. The van der Waals surface area contributed by atoms with Gasteiger partial charge < -0.3 is 15.6 Å². The fraction of sp³-hybridized carbons (Fsp3) is 0.267. The van der Waals surface area contributed by atoms with Crippen molar-refractivity contribution in [2.45, 2.75) is 19.9 Å². The Morgan fingerprint density at radius 3 is 2.63 bits per heavy atom. The molecular formula is C15H19N3O. The van der Waals surface area contributed by atoms with Crippen LogP contribution in [0.4, 0.5) is 5.69 Å². The van der Waals surface area contributed by atoms with Crippen molar-refractivity contribution >= 4 is 11.6 Å². The van der Waals surface area contributed by atoms with Gasteiger partial charge in [0.2, 0.25) is 0 Å². The van der Waals surface area contributed by atoms with Crippen LogP contribution in [0.25, 0.3) is 0 Å². The van der Waals surface area contributed by atoms with E-state index in [0.717, 1.165) is 11.4 Å². The van der Waals surface area contributed by atoms with E-state index in [4.69, 9.17) is 0 Å². The normalized spacial score (nSPS) is 11.9. The van der Waals surface area contributed by atoms with Gasteiger partial charge in [-0.2, -0.15) is 0 Å². The van der Waals surface area contributed by atoms with E-state index >= 15 is 0 Å². The molecule has 0 aliphatic rings. The number of anilines is 1. The molecule has 1 aromatic heterocycles. The Kier molecular flexibility index (Phi) is 4.23. The Morgan fingerprint density at radius 2 is 2.00 bits per heavy atom. The van der Waals surface area contributed by atoms with Crippen molar-refractivity contribution in [1.82, 2.24) is 10.3 Å². The van der Waals surface area contributed by atoms with Crippen molar-refractivity contribution in [3.63, 3.8) is 0 Å². The number of aromatic nitrogens is 1. The first-order chi connectivity index (χ1) is 9.16. The molecule has 1 atom stereocenters. The molecule has 1 aromatic carbocycles. The molecule has 0 saturated heterocycles. The zero-order valence-corrected chi connectivity index (χ0v) is 11.2. The average molecular weight is 257 g/mol. The molecule has 4 heteroatoms. The summed E-state index contributed by atoms with van der Waals surface area (Å²) in [6, 6.07) is 11.8. The molecule has 100 valence electrons. The van der Waals surface area contributed by atoms with E-state index in [-0.39, 0.29) is 11.9 Å². The fourth-order valence-electron chi connectivity index (χ4n) is 1.88. The van der Waals surface area contributed by atoms with Crippen LogP contribution >= 0.6 is 0 Å². The maximum Gasteiger partial charge on any atom is 0.253 e.